The maximum atomic E-state index is 12.0. The van der Waals surface area contributed by atoms with Crippen LogP contribution in [-0.4, -0.2) is 56.2 Å². The molecular weight excluding hydrogens is 254 g/mol. The van der Waals surface area contributed by atoms with Crippen molar-refractivity contribution >= 4 is 5.91 Å². The topological polar surface area (TPSA) is 67.6 Å². The maximum Gasteiger partial charge on any atom is 0.237 e. The Hall–Kier alpha value is -0.650. The minimum atomic E-state index is -0.375. The van der Waals surface area contributed by atoms with Crippen LogP contribution in [-0.2, 0) is 9.53 Å². The van der Waals surface area contributed by atoms with E-state index < -0.39 is 0 Å². The average molecular weight is 283 g/mol. The zero-order valence-corrected chi connectivity index (χ0v) is 12.6. The third kappa shape index (κ3) is 4.72. The molecule has 0 aromatic carbocycles. The number of likely N-dealkylation sites (tertiary alicyclic amines) is 1. The fourth-order valence-corrected chi connectivity index (χ4v) is 3.03. The molecule has 3 N–H and O–H groups in total. The van der Waals surface area contributed by atoms with Gasteiger partial charge >= 0.3 is 0 Å². The van der Waals surface area contributed by atoms with Crippen LogP contribution in [0.25, 0.3) is 0 Å². The summed E-state index contributed by atoms with van der Waals surface area (Å²) in [6.45, 7) is 7.75. The van der Waals surface area contributed by atoms with Gasteiger partial charge in [-0.05, 0) is 50.6 Å². The number of amides is 1. The number of carbonyl (C=O) groups is 1. The predicted molar refractivity (Wildman–Crippen MR) is 79.4 cm³/mol. The van der Waals surface area contributed by atoms with Crippen molar-refractivity contribution in [3.63, 3.8) is 0 Å². The van der Waals surface area contributed by atoms with Gasteiger partial charge in [-0.3, -0.25) is 4.79 Å². The van der Waals surface area contributed by atoms with E-state index in [-0.39, 0.29) is 17.9 Å². The molecule has 2 rings (SSSR count). The van der Waals surface area contributed by atoms with Crippen molar-refractivity contribution in [2.75, 3.05) is 39.4 Å². The first-order valence-electron chi connectivity index (χ1n) is 8.00. The summed E-state index contributed by atoms with van der Waals surface area (Å²) < 4.78 is 5.30. The van der Waals surface area contributed by atoms with Gasteiger partial charge in [0.25, 0.3) is 0 Å². The Labute approximate surface area is 122 Å². The van der Waals surface area contributed by atoms with Gasteiger partial charge in [0.05, 0.1) is 6.04 Å². The van der Waals surface area contributed by atoms with Crippen molar-refractivity contribution in [2.24, 2.45) is 17.6 Å². The van der Waals surface area contributed by atoms with Crippen LogP contribution in [0.15, 0.2) is 0 Å². The van der Waals surface area contributed by atoms with Crippen molar-refractivity contribution < 1.29 is 9.53 Å². The fourth-order valence-electron chi connectivity index (χ4n) is 3.03. The molecule has 1 atom stereocenters. The molecule has 2 fully saturated rings. The molecule has 0 radical (unpaired) electrons. The minimum Gasteiger partial charge on any atom is -0.381 e. The summed E-state index contributed by atoms with van der Waals surface area (Å²) >= 11 is 0. The highest BCUT2D eigenvalue weighted by molar-refractivity contribution is 5.81. The summed E-state index contributed by atoms with van der Waals surface area (Å²) in [5.41, 5.74) is 6.05. The standard InChI is InChI=1S/C15H29N3O2/c1-12-2-7-18(8-3-12)9-6-17-15(19)14(16)13-4-10-20-11-5-13/h12-14H,2-11,16H2,1H3,(H,17,19). The molecular formula is C15H29N3O2. The number of nitrogens with zero attached hydrogens (tertiary/aromatic N) is 1. The zero-order valence-electron chi connectivity index (χ0n) is 12.6. The first kappa shape index (κ1) is 15.7. The lowest BCUT2D eigenvalue weighted by atomic mass is 9.92. The van der Waals surface area contributed by atoms with E-state index in [0.717, 1.165) is 51.6 Å². The van der Waals surface area contributed by atoms with Crippen LogP contribution in [0, 0.1) is 11.8 Å². The third-order valence-electron chi connectivity index (χ3n) is 4.68. The van der Waals surface area contributed by atoms with Gasteiger partial charge in [0.15, 0.2) is 0 Å². The Morgan fingerprint density at radius 2 is 1.95 bits per heavy atom. The van der Waals surface area contributed by atoms with Gasteiger partial charge in [-0.25, -0.2) is 0 Å². The summed E-state index contributed by atoms with van der Waals surface area (Å²) in [7, 11) is 0. The van der Waals surface area contributed by atoms with Gasteiger partial charge in [-0.1, -0.05) is 6.92 Å². The van der Waals surface area contributed by atoms with Crippen molar-refractivity contribution in [1.82, 2.24) is 10.2 Å². The van der Waals surface area contributed by atoms with Crippen LogP contribution >= 0.6 is 0 Å². The molecule has 0 aliphatic carbocycles. The van der Waals surface area contributed by atoms with Crippen LogP contribution in [0.1, 0.15) is 32.6 Å². The highest BCUT2D eigenvalue weighted by Crippen LogP contribution is 2.18. The summed E-state index contributed by atoms with van der Waals surface area (Å²) in [5.74, 6) is 1.13. The van der Waals surface area contributed by atoms with E-state index in [1.54, 1.807) is 0 Å². The Balaban J connectivity index is 1.61. The van der Waals surface area contributed by atoms with Crippen LogP contribution < -0.4 is 11.1 Å². The average Bonchev–Trinajstić information content (AvgIpc) is 2.49. The quantitative estimate of drug-likeness (QED) is 0.775. The summed E-state index contributed by atoms with van der Waals surface area (Å²) in [6.07, 6.45) is 4.35. The Kier molecular flexibility index (Phi) is 6.26. The molecule has 0 bridgehead atoms. The van der Waals surface area contributed by atoms with Crippen LogP contribution in [0.4, 0.5) is 0 Å². The summed E-state index contributed by atoms with van der Waals surface area (Å²) in [4.78, 5) is 14.5. The van der Waals surface area contributed by atoms with Gasteiger partial charge in [-0.2, -0.15) is 0 Å². The molecule has 1 amide bonds. The van der Waals surface area contributed by atoms with Crippen molar-refractivity contribution in [2.45, 2.75) is 38.6 Å². The second-order valence-electron chi connectivity index (χ2n) is 6.29. The van der Waals surface area contributed by atoms with E-state index in [1.807, 2.05) is 0 Å². The van der Waals surface area contributed by atoms with Gasteiger partial charge in [0.1, 0.15) is 0 Å². The smallest absolute Gasteiger partial charge is 0.237 e. The molecule has 0 aromatic rings. The Morgan fingerprint density at radius 3 is 2.60 bits per heavy atom. The molecule has 20 heavy (non-hydrogen) atoms. The number of nitrogens with two attached hydrogens (primary N) is 1. The molecule has 0 spiro atoms. The van der Waals surface area contributed by atoms with Gasteiger partial charge in [0.2, 0.25) is 5.91 Å². The molecule has 0 aromatic heterocycles. The fraction of sp³-hybridized carbons (Fsp3) is 0.933. The number of rotatable bonds is 5. The van der Waals surface area contributed by atoms with E-state index in [0.29, 0.717) is 6.54 Å². The zero-order chi connectivity index (χ0) is 14.4. The molecule has 116 valence electrons. The van der Waals surface area contributed by atoms with E-state index >= 15 is 0 Å². The molecule has 5 nitrogen and oxygen atoms in total. The van der Waals surface area contributed by atoms with Crippen LogP contribution in [0.2, 0.25) is 0 Å². The first-order valence-corrected chi connectivity index (χ1v) is 8.00. The number of piperidine rings is 1. The lowest BCUT2D eigenvalue weighted by molar-refractivity contribution is -0.124. The molecule has 0 saturated carbocycles. The molecule has 2 aliphatic heterocycles. The minimum absolute atomic E-state index is 0.00211. The maximum absolute atomic E-state index is 12.0. The number of carbonyl (C=O) groups excluding carboxylic acids is 1. The number of hydrogen-bond donors (Lipinski definition) is 2. The van der Waals surface area contributed by atoms with Gasteiger partial charge < -0.3 is 20.7 Å². The van der Waals surface area contributed by atoms with E-state index in [2.05, 4.69) is 17.1 Å². The Morgan fingerprint density at radius 1 is 1.30 bits per heavy atom. The normalized spacial score (nSPS) is 24.5. The van der Waals surface area contributed by atoms with E-state index in [4.69, 9.17) is 10.5 Å². The molecule has 2 aliphatic rings. The van der Waals surface area contributed by atoms with Crippen LogP contribution in [0.3, 0.4) is 0 Å². The van der Waals surface area contributed by atoms with Crippen molar-refractivity contribution in [1.29, 1.82) is 0 Å². The number of ether oxygens (including phenoxy) is 1. The van der Waals surface area contributed by atoms with E-state index in [9.17, 15) is 4.79 Å². The summed E-state index contributed by atoms with van der Waals surface area (Å²) in [6, 6.07) is -0.375. The molecule has 2 heterocycles. The highest BCUT2D eigenvalue weighted by Gasteiger charge is 2.26. The second kappa shape index (κ2) is 7.96. The summed E-state index contributed by atoms with van der Waals surface area (Å²) in [5, 5.41) is 2.99. The SMILES string of the molecule is CC1CCN(CCNC(=O)C(N)C2CCOCC2)CC1. The molecule has 5 heteroatoms. The van der Waals surface area contributed by atoms with Gasteiger partial charge in [-0.15, -0.1) is 0 Å². The third-order valence-corrected chi connectivity index (χ3v) is 4.68. The first-order chi connectivity index (χ1) is 9.66. The Bertz CT molecular complexity index is 297. The van der Waals surface area contributed by atoms with E-state index in [1.165, 1.54) is 12.8 Å². The van der Waals surface area contributed by atoms with Gasteiger partial charge in [0, 0.05) is 26.3 Å². The van der Waals surface area contributed by atoms with Crippen molar-refractivity contribution in [3.05, 3.63) is 0 Å². The lowest BCUT2D eigenvalue weighted by Gasteiger charge is -2.30. The lowest BCUT2D eigenvalue weighted by Crippen LogP contribution is -2.49. The van der Waals surface area contributed by atoms with Crippen LogP contribution in [0.5, 0.6) is 0 Å². The largest absolute Gasteiger partial charge is 0.381 e. The number of hydrogen-bond acceptors (Lipinski definition) is 4. The number of nitrogens with one attached hydrogen (secondary N) is 1. The van der Waals surface area contributed by atoms with Crippen molar-refractivity contribution in [3.8, 4) is 0 Å². The monoisotopic (exact) mass is 283 g/mol. The highest BCUT2D eigenvalue weighted by atomic mass is 16.5. The second-order valence-corrected chi connectivity index (χ2v) is 6.29. The molecule has 2 saturated heterocycles. The predicted octanol–water partition coefficient (Wildman–Crippen LogP) is 0.588. The molecule has 1 unspecified atom stereocenters.